The summed E-state index contributed by atoms with van der Waals surface area (Å²) in [5, 5.41) is 12.3. The molecule has 0 saturated carbocycles. The van der Waals surface area contributed by atoms with Crippen LogP contribution in [0.5, 0.6) is 0 Å². The van der Waals surface area contributed by atoms with Crippen LogP contribution in [0, 0.1) is 0 Å². The van der Waals surface area contributed by atoms with Gasteiger partial charge in [-0.15, -0.1) is 0 Å². The molecule has 1 unspecified atom stereocenters. The molecule has 1 aliphatic rings. The first-order valence-electron chi connectivity index (χ1n) is 3.65. The maximum Gasteiger partial charge on any atom is 0.158 e. The third-order valence-corrected chi connectivity index (χ3v) is 1.83. The van der Waals surface area contributed by atoms with Gasteiger partial charge in [0.1, 0.15) is 0 Å². The van der Waals surface area contributed by atoms with E-state index in [1.54, 1.807) is 0 Å². The van der Waals surface area contributed by atoms with Crippen molar-refractivity contribution < 1.29 is 14.6 Å². The lowest BCUT2D eigenvalue weighted by molar-refractivity contribution is -0.123. The van der Waals surface area contributed by atoms with E-state index in [1.165, 1.54) is 7.11 Å². The highest BCUT2D eigenvalue weighted by atomic mass is 16.7. The minimum atomic E-state index is -0.425. The van der Waals surface area contributed by atoms with Crippen LogP contribution < -0.4 is 0 Å². The Morgan fingerprint density at radius 2 is 2.58 bits per heavy atom. The van der Waals surface area contributed by atoms with Crippen LogP contribution in [0.1, 0.15) is 6.42 Å². The Morgan fingerprint density at radius 1 is 1.83 bits per heavy atom. The molecular formula is C6H11N3O3. The van der Waals surface area contributed by atoms with Crippen molar-refractivity contribution in [3.63, 3.8) is 0 Å². The zero-order chi connectivity index (χ0) is 8.97. The predicted molar refractivity (Wildman–Crippen MR) is 40.3 cm³/mol. The molecule has 6 nitrogen and oxygen atoms in total. The van der Waals surface area contributed by atoms with Crippen molar-refractivity contribution in [3.05, 3.63) is 10.4 Å². The molecule has 3 atom stereocenters. The average molecular weight is 173 g/mol. The molecule has 1 saturated heterocycles. The fraction of sp³-hybridized carbons (Fsp3) is 1.00. The van der Waals surface area contributed by atoms with Gasteiger partial charge in [-0.2, -0.15) is 0 Å². The highest BCUT2D eigenvalue weighted by Crippen LogP contribution is 2.23. The molecule has 0 aromatic rings. The third-order valence-electron chi connectivity index (χ3n) is 1.83. The Morgan fingerprint density at radius 3 is 3.08 bits per heavy atom. The SMILES string of the molecule is COC1C[C@@H](N=[N+]=[N-])[C@H](CO)O1. The summed E-state index contributed by atoms with van der Waals surface area (Å²) in [7, 11) is 1.51. The molecule has 1 N–H and O–H groups in total. The van der Waals surface area contributed by atoms with Gasteiger partial charge in [0, 0.05) is 18.4 Å². The van der Waals surface area contributed by atoms with Gasteiger partial charge in [0.05, 0.1) is 18.8 Å². The van der Waals surface area contributed by atoms with E-state index in [1.807, 2.05) is 0 Å². The molecule has 1 heterocycles. The minimum absolute atomic E-state index is 0.149. The molecular weight excluding hydrogens is 162 g/mol. The maximum absolute atomic E-state index is 8.81. The molecule has 0 bridgehead atoms. The maximum atomic E-state index is 8.81. The molecule has 0 amide bonds. The quantitative estimate of drug-likeness (QED) is 0.381. The highest BCUT2D eigenvalue weighted by molar-refractivity contribution is 4.84. The fourth-order valence-corrected chi connectivity index (χ4v) is 1.19. The largest absolute Gasteiger partial charge is 0.394 e. The number of aliphatic hydroxyl groups is 1. The van der Waals surface area contributed by atoms with Gasteiger partial charge in [-0.1, -0.05) is 5.11 Å². The van der Waals surface area contributed by atoms with Crippen LogP contribution in [-0.2, 0) is 9.47 Å². The summed E-state index contributed by atoms with van der Waals surface area (Å²) >= 11 is 0. The Labute approximate surface area is 69.7 Å². The number of nitrogens with zero attached hydrogens (tertiary/aromatic N) is 3. The van der Waals surface area contributed by atoms with Crippen LogP contribution in [0.15, 0.2) is 5.11 Å². The standard InChI is InChI=1S/C6H11N3O3/c1-11-6-2-4(8-9-7)5(3-10)12-6/h4-6,10H,2-3H2,1H3/t4-,5+,6?/m1/s1. The number of methoxy groups -OCH3 is 1. The number of hydrogen-bond acceptors (Lipinski definition) is 4. The van der Waals surface area contributed by atoms with E-state index in [0.717, 1.165) is 0 Å². The summed E-state index contributed by atoms with van der Waals surface area (Å²) in [6, 6.07) is -0.315. The van der Waals surface area contributed by atoms with Gasteiger partial charge in [0.2, 0.25) is 0 Å². The van der Waals surface area contributed by atoms with Crippen LogP contribution in [0.25, 0.3) is 10.4 Å². The second-order valence-corrected chi connectivity index (χ2v) is 2.53. The van der Waals surface area contributed by atoms with Crippen molar-refractivity contribution in [1.82, 2.24) is 0 Å². The van der Waals surface area contributed by atoms with Crippen LogP contribution in [-0.4, -0.2) is 37.3 Å². The van der Waals surface area contributed by atoms with Gasteiger partial charge in [-0.25, -0.2) is 0 Å². The number of aliphatic hydroxyl groups excluding tert-OH is 1. The smallest absolute Gasteiger partial charge is 0.158 e. The van der Waals surface area contributed by atoms with E-state index in [0.29, 0.717) is 6.42 Å². The first kappa shape index (κ1) is 9.28. The number of hydrogen-bond donors (Lipinski definition) is 1. The van der Waals surface area contributed by atoms with Crippen molar-refractivity contribution in [3.8, 4) is 0 Å². The molecule has 68 valence electrons. The number of ether oxygens (including phenoxy) is 2. The molecule has 0 radical (unpaired) electrons. The first-order valence-corrected chi connectivity index (χ1v) is 3.65. The van der Waals surface area contributed by atoms with Crippen LogP contribution in [0.2, 0.25) is 0 Å². The van der Waals surface area contributed by atoms with Gasteiger partial charge in [0.15, 0.2) is 6.29 Å². The Balaban J connectivity index is 2.55. The molecule has 1 rings (SSSR count). The van der Waals surface area contributed by atoms with Crippen LogP contribution >= 0.6 is 0 Å². The summed E-state index contributed by atoms with van der Waals surface area (Å²) in [5.41, 5.74) is 8.18. The van der Waals surface area contributed by atoms with E-state index in [-0.39, 0.29) is 18.9 Å². The van der Waals surface area contributed by atoms with Gasteiger partial charge >= 0.3 is 0 Å². The monoisotopic (exact) mass is 173 g/mol. The van der Waals surface area contributed by atoms with Gasteiger partial charge in [-0.05, 0) is 5.53 Å². The molecule has 0 aliphatic carbocycles. The second kappa shape index (κ2) is 4.27. The zero-order valence-electron chi connectivity index (χ0n) is 6.75. The fourth-order valence-electron chi connectivity index (χ4n) is 1.19. The molecule has 12 heavy (non-hydrogen) atoms. The third kappa shape index (κ3) is 1.86. The molecule has 0 aromatic carbocycles. The van der Waals surface area contributed by atoms with Gasteiger partial charge in [-0.3, -0.25) is 0 Å². The van der Waals surface area contributed by atoms with Crippen molar-refractivity contribution >= 4 is 0 Å². The zero-order valence-corrected chi connectivity index (χ0v) is 6.75. The average Bonchev–Trinajstić information content (AvgIpc) is 2.48. The lowest BCUT2D eigenvalue weighted by atomic mass is 10.1. The first-order chi connectivity index (χ1) is 5.81. The minimum Gasteiger partial charge on any atom is -0.394 e. The predicted octanol–water partition coefficient (Wildman–Crippen LogP) is 0.419. The number of rotatable bonds is 3. The second-order valence-electron chi connectivity index (χ2n) is 2.53. The lowest BCUT2D eigenvalue weighted by Gasteiger charge is -2.10. The topological polar surface area (TPSA) is 87.5 Å². The Kier molecular flexibility index (Phi) is 3.31. The summed E-state index contributed by atoms with van der Waals surface area (Å²) in [4.78, 5) is 2.66. The molecule has 6 heteroatoms. The van der Waals surface area contributed by atoms with Crippen LogP contribution in [0.3, 0.4) is 0 Å². The summed E-state index contributed by atoms with van der Waals surface area (Å²) in [6.45, 7) is -0.149. The van der Waals surface area contributed by atoms with Crippen molar-refractivity contribution in [2.75, 3.05) is 13.7 Å². The normalized spacial score (nSPS) is 34.7. The molecule has 1 fully saturated rings. The summed E-state index contributed by atoms with van der Waals surface area (Å²) in [6.07, 6.45) is -0.283. The van der Waals surface area contributed by atoms with E-state index >= 15 is 0 Å². The van der Waals surface area contributed by atoms with Crippen molar-refractivity contribution in [1.29, 1.82) is 0 Å². The van der Waals surface area contributed by atoms with E-state index in [2.05, 4.69) is 10.0 Å². The lowest BCUT2D eigenvalue weighted by Crippen LogP contribution is -2.23. The van der Waals surface area contributed by atoms with Crippen molar-refractivity contribution in [2.45, 2.75) is 24.9 Å². The Bertz CT molecular complexity index is 192. The summed E-state index contributed by atoms with van der Waals surface area (Å²) < 4.78 is 10.1. The van der Waals surface area contributed by atoms with Gasteiger partial charge in [0.25, 0.3) is 0 Å². The van der Waals surface area contributed by atoms with E-state index in [4.69, 9.17) is 20.1 Å². The van der Waals surface area contributed by atoms with Crippen molar-refractivity contribution in [2.24, 2.45) is 5.11 Å². The van der Waals surface area contributed by atoms with Gasteiger partial charge < -0.3 is 14.6 Å². The van der Waals surface area contributed by atoms with Crippen LogP contribution in [0.4, 0.5) is 0 Å². The highest BCUT2D eigenvalue weighted by Gasteiger charge is 2.33. The molecule has 0 spiro atoms. The van der Waals surface area contributed by atoms with E-state index < -0.39 is 6.10 Å². The molecule has 1 aliphatic heterocycles. The van der Waals surface area contributed by atoms with E-state index in [9.17, 15) is 0 Å². The Hall–Kier alpha value is -0.810. The molecule has 0 aromatic heterocycles. The number of azide groups is 1. The summed E-state index contributed by atoms with van der Waals surface area (Å²) in [5.74, 6) is 0.